The fraction of sp³-hybridized carbons (Fsp3) is 0.538. The van der Waals surface area contributed by atoms with Crippen LogP contribution >= 0.6 is 0 Å². The predicted molar refractivity (Wildman–Crippen MR) is 67.2 cm³/mol. The van der Waals surface area contributed by atoms with Gasteiger partial charge >= 0.3 is 0 Å². The van der Waals surface area contributed by atoms with Crippen LogP contribution in [0.2, 0.25) is 0 Å². The molecule has 0 aromatic carbocycles. The first-order valence-electron chi connectivity index (χ1n) is 6.44. The van der Waals surface area contributed by atoms with E-state index >= 15 is 0 Å². The summed E-state index contributed by atoms with van der Waals surface area (Å²) in [5, 5.41) is 15.6. The number of hydrogen-bond acceptors (Lipinski definition) is 4. The van der Waals surface area contributed by atoms with E-state index < -0.39 is 0 Å². The Hall–Kier alpha value is -1.62. The van der Waals surface area contributed by atoms with Crippen LogP contribution in [0, 0.1) is 11.8 Å². The quantitative estimate of drug-likeness (QED) is 0.732. The molecule has 5 nitrogen and oxygen atoms in total. The van der Waals surface area contributed by atoms with E-state index in [2.05, 4.69) is 15.6 Å². The van der Waals surface area contributed by atoms with Gasteiger partial charge in [0.25, 0.3) is 0 Å². The highest BCUT2D eigenvalue weighted by Crippen LogP contribution is 2.38. The molecular formula is C13H17N3O2. The number of aromatic nitrogens is 1. The van der Waals surface area contributed by atoms with Crippen LogP contribution in [0.5, 0.6) is 5.75 Å². The Morgan fingerprint density at radius 1 is 1.50 bits per heavy atom. The van der Waals surface area contributed by atoms with Gasteiger partial charge in [-0.1, -0.05) is 6.42 Å². The van der Waals surface area contributed by atoms with Crippen molar-refractivity contribution < 1.29 is 9.90 Å². The smallest absolute Gasteiger partial charge is 0.243 e. The summed E-state index contributed by atoms with van der Waals surface area (Å²) in [5.41, 5.74) is 0. The van der Waals surface area contributed by atoms with Crippen LogP contribution in [0.1, 0.15) is 19.3 Å². The number of nitrogens with zero attached hydrogens (tertiary/aromatic N) is 1. The van der Waals surface area contributed by atoms with Gasteiger partial charge in [0.15, 0.2) is 11.6 Å². The van der Waals surface area contributed by atoms with Crippen LogP contribution in [-0.2, 0) is 4.79 Å². The number of rotatable bonds is 2. The number of hydrogen-bond donors (Lipinski definition) is 3. The summed E-state index contributed by atoms with van der Waals surface area (Å²) in [7, 11) is 0. The average molecular weight is 247 g/mol. The van der Waals surface area contributed by atoms with Gasteiger partial charge < -0.3 is 15.7 Å². The van der Waals surface area contributed by atoms with Crippen molar-refractivity contribution >= 4 is 11.7 Å². The van der Waals surface area contributed by atoms with Crippen molar-refractivity contribution in [2.45, 2.75) is 25.3 Å². The van der Waals surface area contributed by atoms with Gasteiger partial charge in [0.1, 0.15) is 0 Å². The molecule has 5 heteroatoms. The molecule has 1 saturated heterocycles. The molecule has 2 heterocycles. The molecule has 3 N–H and O–H groups in total. The second-order valence-electron chi connectivity index (χ2n) is 5.10. The van der Waals surface area contributed by atoms with Gasteiger partial charge in [0.05, 0.1) is 6.04 Å². The summed E-state index contributed by atoms with van der Waals surface area (Å²) in [6.07, 6.45) is 5.10. The lowest BCUT2D eigenvalue weighted by molar-refractivity contribution is -0.118. The molecule has 0 radical (unpaired) electrons. The lowest BCUT2D eigenvalue weighted by Gasteiger charge is -2.17. The van der Waals surface area contributed by atoms with Crippen molar-refractivity contribution in [1.82, 2.24) is 10.3 Å². The third kappa shape index (κ3) is 1.95. The minimum atomic E-state index is -0.140. The standard InChI is InChI=1S/C13H17N3O2/c17-10-5-2-6-14-12(10)16-13(18)11-9-4-1-3-8(9)7-15-11/h2,5-6,8-9,11,15,17H,1,3-4,7H2,(H,14,16,18). The number of carbonyl (C=O) groups is 1. The molecule has 1 saturated carbocycles. The third-order valence-electron chi connectivity index (χ3n) is 4.06. The lowest BCUT2D eigenvalue weighted by atomic mass is 9.93. The number of nitrogens with one attached hydrogen (secondary N) is 2. The zero-order valence-corrected chi connectivity index (χ0v) is 10.1. The number of amides is 1. The van der Waals surface area contributed by atoms with Gasteiger partial charge in [0.2, 0.25) is 5.91 Å². The monoisotopic (exact) mass is 247 g/mol. The lowest BCUT2D eigenvalue weighted by Crippen LogP contribution is -2.39. The third-order valence-corrected chi connectivity index (χ3v) is 4.06. The largest absolute Gasteiger partial charge is 0.504 e. The minimum absolute atomic E-state index is 0.00631. The Morgan fingerprint density at radius 2 is 2.39 bits per heavy atom. The first-order chi connectivity index (χ1) is 8.75. The molecule has 1 aliphatic heterocycles. The molecule has 3 rings (SSSR count). The second kappa shape index (κ2) is 4.57. The summed E-state index contributed by atoms with van der Waals surface area (Å²) in [5.74, 6) is 1.24. The van der Waals surface area contributed by atoms with Crippen LogP contribution in [-0.4, -0.2) is 28.6 Å². The summed E-state index contributed by atoms with van der Waals surface area (Å²) in [4.78, 5) is 16.2. The van der Waals surface area contributed by atoms with Crippen molar-refractivity contribution in [3.05, 3.63) is 18.3 Å². The molecular weight excluding hydrogens is 230 g/mol. The summed E-state index contributed by atoms with van der Waals surface area (Å²) in [6.45, 7) is 0.928. The molecule has 1 aromatic heterocycles. The minimum Gasteiger partial charge on any atom is -0.504 e. The topological polar surface area (TPSA) is 74.2 Å². The van der Waals surface area contributed by atoms with Crippen LogP contribution in [0.4, 0.5) is 5.82 Å². The number of carbonyl (C=O) groups excluding carboxylic acids is 1. The van der Waals surface area contributed by atoms with Crippen molar-refractivity contribution in [1.29, 1.82) is 0 Å². The van der Waals surface area contributed by atoms with Gasteiger partial charge in [-0.15, -0.1) is 0 Å². The normalized spacial score (nSPS) is 30.1. The van der Waals surface area contributed by atoms with Gasteiger partial charge in [-0.2, -0.15) is 0 Å². The maximum atomic E-state index is 12.2. The Bertz CT molecular complexity index is 463. The van der Waals surface area contributed by atoms with E-state index in [1.54, 1.807) is 12.3 Å². The molecule has 0 spiro atoms. The van der Waals surface area contributed by atoms with Crippen molar-refractivity contribution in [2.75, 3.05) is 11.9 Å². The van der Waals surface area contributed by atoms with E-state index in [4.69, 9.17) is 0 Å². The van der Waals surface area contributed by atoms with Gasteiger partial charge in [-0.05, 0) is 43.4 Å². The fourth-order valence-corrected chi connectivity index (χ4v) is 3.16. The number of fused-ring (bicyclic) bond motifs is 1. The molecule has 3 atom stereocenters. The number of pyridine rings is 1. The molecule has 18 heavy (non-hydrogen) atoms. The van der Waals surface area contributed by atoms with Crippen molar-refractivity contribution in [2.24, 2.45) is 11.8 Å². The molecule has 96 valence electrons. The summed E-state index contributed by atoms with van der Waals surface area (Å²) in [6, 6.07) is 3.01. The first kappa shape index (κ1) is 11.5. The van der Waals surface area contributed by atoms with Gasteiger partial charge in [0, 0.05) is 6.20 Å². The van der Waals surface area contributed by atoms with Gasteiger partial charge in [-0.25, -0.2) is 4.98 Å². The molecule has 3 unspecified atom stereocenters. The van der Waals surface area contributed by atoms with E-state index in [9.17, 15) is 9.90 Å². The Kier molecular flexibility index (Phi) is 2.91. The summed E-state index contributed by atoms with van der Waals surface area (Å²) < 4.78 is 0. The maximum Gasteiger partial charge on any atom is 0.243 e. The van der Waals surface area contributed by atoms with E-state index in [-0.39, 0.29) is 23.5 Å². The highest BCUT2D eigenvalue weighted by atomic mass is 16.3. The molecule has 2 fully saturated rings. The summed E-state index contributed by atoms with van der Waals surface area (Å²) >= 11 is 0. The van der Waals surface area contributed by atoms with Gasteiger partial charge in [-0.3, -0.25) is 4.79 Å². The van der Waals surface area contributed by atoms with Crippen LogP contribution in [0.15, 0.2) is 18.3 Å². The van der Waals surface area contributed by atoms with E-state index in [1.165, 1.54) is 18.9 Å². The Morgan fingerprint density at radius 3 is 3.22 bits per heavy atom. The predicted octanol–water partition coefficient (Wildman–Crippen LogP) is 1.11. The van der Waals surface area contributed by atoms with E-state index in [1.807, 2.05) is 0 Å². The SMILES string of the molecule is O=C(Nc1ncccc1O)C1NCC2CCCC21. The van der Waals surface area contributed by atoms with Crippen molar-refractivity contribution in [3.63, 3.8) is 0 Å². The molecule has 1 amide bonds. The highest BCUT2D eigenvalue weighted by Gasteiger charge is 2.42. The number of aromatic hydroxyl groups is 1. The Balaban J connectivity index is 1.70. The number of anilines is 1. The van der Waals surface area contributed by atoms with Crippen LogP contribution in [0.3, 0.4) is 0 Å². The Labute approximate surface area is 106 Å². The maximum absolute atomic E-state index is 12.2. The average Bonchev–Trinajstić information content (AvgIpc) is 2.93. The van der Waals surface area contributed by atoms with Crippen molar-refractivity contribution in [3.8, 4) is 5.75 Å². The zero-order valence-electron chi connectivity index (χ0n) is 10.1. The zero-order chi connectivity index (χ0) is 12.5. The molecule has 1 aromatic rings. The fourth-order valence-electron chi connectivity index (χ4n) is 3.16. The van der Waals surface area contributed by atoms with Crippen LogP contribution < -0.4 is 10.6 Å². The molecule has 0 bridgehead atoms. The van der Waals surface area contributed by atoms with Crippen LogP contribution in [0.25, 0.3) is 0 Å². The van der Waals surface area contributed by atoms with E-state index in [0.29, 0.717) is 11.8 Å². The highest BCUT2D eigenvalue weighted by molar-refractivity contribution is 5.95. The second-order valence-corrected chi connectivity index (χ2v) is 5.10. The molecule has 2 aliphatic rings. The van der Waals surface area contributed by atoms with E-state index in [0.717, 1.165) is 13.0 Å². The first-order valence-corrected chi connectivity index (χ1v) is 6.44. The molecule has 1 aliphatic carbocycles.